The van der Waals surface area contributed by atoms with Crippen LogP contribution < -0.4 is 5.73 Å². The van der Waals surface area contributed by atoms with Crippen LogP contribution in [0.15, 0.2) is 46.9 Å². The van der Waals surface area contributed by atoms with Crippen molar-refractivity contribution in [1.29, 1.82) is 5.26 Å². The van der Waals surface area contributed by atoms with Gasteiger partial charge in [0, 0.05) is 41.4 Å². The van der Waals surface area contributed by atoms with Crippen LogP contribution >= 0.6 is 11.3 Å². The number of nitrogens with two attached hydrogens (primary N) is 1. The molecule has 0 unspecified atom stereocenters. The Morgan fingerprint density at radius 3 is 2.70 bits per heavy atom. The summed E-state index contributed by atoms with van der Waals surface area (Å²) in [5.74, 6) is 0.189. The number of benzene rings is 1. The number of aryl methyl sites for hydroxylation is 1. The van der Waals surface area contributed by atoms with Crippen molar-refractivity contribution >= 4 is 27.2 Å². The maximum Gasteiger partial charge on any atom is 0.161 e. The van der Waals surface area contributed by atoms with Crippen molar-refractivity contribution in [3.63, 3.8) is 0 Å². The second-order valence-corrected chi connectivity index (χ2v) is 8.31. The van der Waals surface area contributed by atoms with Crippen LogP contribution in [0.25, 0.3) is 10.1 Å². The third-order valence-electron chi connectivity index (χ3n) is 5.43. The van der Waals surface area contributed by atoms with Gasteiger partial charge in [-0.3, -0.25) is 9.80 Å². The quantitative estimate of drug-likeness (QED) is 0.861. The van der Waals surface area contributed by atoms with E-state index in [4.69, 9.17) is 5.73 Å². The molecule has 27 heavy (non-hydrogen) atoms. The van der Waals surface area contributed by atoms with Crippen LogP contribution in [0.1, 0.15) is 35.6 Å². The maximum absolute atomic E-state index is 13.0. The molecule has 2 aromatic rings. The molecule has 2 N–H and O–H groups in total. The molecule has 1 aromatic heterocycles. The Kier molecular flexibility index (Phi) is 4.29. The minimum Gasteiger partial charge on any atom is -0.383 e. The number of hydrogen-bond donors (Lipinski definition) is 1. The Labute approximate surface area is 162 Å². The number of allylic oxidation sites excluding steroid dienone is 3. The highest BCUT2D eigenvalue weighted by molar-refractivity contribution is 7.19. The largest absolute Gasteiger partial charge is 0.383 e. The second-order valence-electron chi connectivity index (χ2n) is 7.23. The van der Waals surface area contributed by atoms with Gasteiger partial charge in [-0.2, -0.15) is 5.26 Å². The molecule has 5 nitrogen and oxygen atoms in total. The van der Waals surface area contributed by atoms with Crippen LogP contribution in [0.3, 0.4) is 0 Å². The smallest absolute Gasteiger partial charge is 0.161 e. The van der Waals surface area contributed by atoms with E-state index < -0.39 is 0 Å². The summed E-state index contributed by atoms with van der Waals surface area (Å²) in [4.78, 5) is 14.1. The summed E-state index contributed by atoms with van der Waals surface area (Å²) < 4.78 is 1.17. The van der Waals surface area contributed by atoms with Gasteiger partial charge < -0.3 is 5.73 Å². The topological polar surface area (TPSA) is 73.4 Å². The van der Waals surface area contributed by atoms with Crippen LogP contribution in [0, 0.1) is 18.3 Å². The van der Waals surface area contributed by atoms with Gasteiger partial charge in [0.1, 0.15) is 5.82 Å². The second kappa shape index (κ2) is 6.52. The third-order valence-corrected chi connectivity index (χ3v) is 6.77. The van der Waals surface area contributed by atoms with Gasteiger partial charge in [0.25, 0.3) is 0 Å². The average molecular weight is 379 g/mol. The summed E-state index contributed by atoms with van der Waals surface area (Å²) in [5.41, 5.74) is 9.74. The number of thiophene rings is 1. The van der Waals surface area contributed by atoms with E-state index in [1.54, 1.807) is 11.3 Å². The first-order chi connectivity index (χ1) is 13.0. The lowest BCUT2D eigenvalue weighted by atomic mass is 9.78. The number of carbonyl (C=O) groups is 1. The van der Waals surface area contributed by atoms with Crippen LogP contribution in [0.5, 0.6) is 0 Å². The Morgan fingerprint density at radius 2 is 2.04 bits per heavy atom. The summed E-state index contributed by atoms with van der Waals surface area (Å²) in [6.45, 7) is 2.07. The van der Waals surface area contributed by atoms with Gasteiger partial charge in [-0.25, -0.2) is 5.01 Å². The molecule has 4 rings (SSSR count). The number of hydrazine groups is 1. The van der Waals surface area contributed by atoms with Crippen molar-refractivity contribution in [3.05, 3.63) is 57.4 Å². The lowest BCUT2D eigenvalue weighted by Crippen LogP contribution is -2.45. The fraction of sp³-hybridized carbons (Fsp3) is 0.333. The standard InChI is InChI=1S/C21H22N4OS/c1-12-13-7-4-5-10-17(13)27-20(12)18-14(11-22)21(23)25(24(2)3)15-8-6-9-16(26)19(15)18/h4-5,7,10,18H,6,8-9,23H2,1-3H3/t18-/m0/s1. The zero-order valence-electron chi connectivity index (χ0n) is 15.7. The van der Waals surface area contributed by atoms with Gasteiger partial charge in [-0.15, -0.1) is 11.3 Å². The molecular weight excluding hydrogens is 356 g/mol. The lowest BCUT2D eigenvalue weighted by molar-refractivity contribution is -0.116. The normalized spacial score (nSPS) is 20.5. The first-order valence-electron chi connectivity index (χ1n) is 9.07. The summed E-state index contributed by atoms with van der Waals surface area (Å²) in [5, 5.41) is 14.8. The van der Waals surface area contributed by atoms with Crippen molar-refractivity contribution in [1.82, 2.24) is 10.0 Å². The molecule has 0 fully saturated rings. The number of Topliss-reactive ketones (excluding diaryl/α,β-unsaturated/α-hetero) is 1. The third kappa shape index (κ3) is 2.58. The minimum atomic E-state index is -0.369. The summed E-state index contributed by atoms with van der Waals surface area (Å²) in [7, 11) is 3.77. The molecule has 0 bridgehead atoms. The SMILES string of the molecule is Cc1c([C@H]2C(C#N)=C(N)N(N(C)C)C3=C2C(=O)CCC3)sc2ccccc12. The van der Waals surface area contributed by atoms with Crippen LogP contribution in [-0.4, -0.2) is 29.9 Å². The monoisotopic (exact) mass is 378 g/mol. The van der Waals surface area contributed by atoms with E-state index in [-0.39, 0.29) is 11.7 Å². The summed E-state index contributed by atoms with van der Waals surface area (Å²) >= 11 is 1.66. The fourth-order valence-electron chi connectivity index (χ4n) is 4.26. The van der Waals surface area contributed by atoms with E-state index in [2.05, 4.69) is 25.1 Å². The van der Waals surface area contributed by atoms with E-state index >= 15 is 0 Å². The number of nitrogens with zero attached hydrogens (tertiary/aromatic N) is 3. The van der Waals surface area contributed by atoms with Crippen molar-refractivity contribution in [2.75, 3.05) is 14.1 Å². The molecule has 0 amide bonds. The Hall–Kier alpha value is -2.62. The van der Waals surface area contributed by atoms with E-state index in [1.807, 2.05) is 36.2 Å². The Bertz CT molecular complexity index is 1050. The average Bonchev–Trinajstić information content (AvgIpc) is 2.97. The van der Waals surface area contributed by atoms with Gasteiger partial charge in [0.15, 0.2) is 5.78 Å². The van der Waals surface area contributed by atoms with Crippen LogP contribution in [0.4, 0.5) is 0 Å². The molecule has 0 radical (unpaired) electrons. The molecule has 0 saturated heterocycles. The zero-order valence-corrected chi connectivity index (χ0v) is 16.6. The highest BCUT2D eigenvalue weighted by atomic mass is 32.1. The summed E-state index contributed by atoms with van der Waals surface area (Å²) in [6, 6.07) is 10.5. The van der Waals surface area contributed by atoms with E-state index in [1.165, 1.54) is 10.1 Å². The minimum absolute atomic E-state index is 0.130. The molecule has 1 aliphatic carbocycles. The first-order valence-corrected chi connectivity index (χ1v) is 9.88. The van der Waals surface area contributed by atoms with Crippen LogP contribution in [0.2, 0.25) is 0 Å². The van der Waals surface area contributed by atoms with Crippen molar-refractivity contribution < 1.29 is 4.79 Å². The molecule has 0 spiro atoms. The van der Waals surface area contributed by atoms with Gasteiger partial charge >= 0.3 is 0 Å². The highest BCUT2D eigenvalue weighted by Crippen LogP contribution is 2.49. The number of ketones is 1. The van der Waals surface area contributed by atoms with E-state index in [0.717, 1.165) is 34.6 Å². The fourth-order valence-corrected chi connectivity index (χ4v) is 5.59. The Balaban J connectivity index is 2.02. The predicted molar refractivity (Wildman–Crippen MR) is 108 cm³/mol. The van der Waals surface area contributed by atoms with E-state index in [0.29, 0.717) is 17.8 Å². The maximum atomic E-state index is 13.0. The molecule has 1 atom stereocenters. The molecule has 2 heterocycles. The van der Waals surface area contributed by atoms with Crippen molar-refractivity contribution in [3.8, 4) is 6.07 Å². The van der Waals surface area contributed by atoms with Gasteiger partial charge in [0.2, 0.25) is 0 Å². The molecule has 6 heteroatoms. The molecular formula is C21H22N4OS. The number of carbonyl (C=O) groups excluding carboxylic acids is 1. The molecule has 1 aliphatic heterocycles. The molecule has 1 aromatic carbocycles. The van der Waals surface area contributed by atoms with Gasteiger partial charge in [-0.05, 0) is 36.8 Å². The number of hydrogen-bond acceptors (Lipinski definition) is 6. The molecule has 138 valence electrons. The zero-order chi connectivity index (χ0) is 19.3. The summed E-state index contributed by atoms with van der Waals surface area (Å²) in [6.07, 6.45) is 2.13. The van der Waals surface area contributed by atoms with Crippen LogP contribution in [-0.2, 0) is 4.79 Å². The Morgan fingerprint density at radius 1 is 1.30 bits per heavy atom. The van der Waals surface area contributed by atoms with Crippen molar-refractivity contribution in [2.24, 2.45) is 5.73 Å². The molecule has 0 saturated carbocycles. The predicted octanol–water partition coefficient (Wildman–Crippen LogP) is 3.79. The van der Waals surface area contributed by atoms with Crippen molar-refractivity contribution in [2.45, 2.75) is 32.1 Å². The van der Waals surface area contributed by atoms with Gasteiger partial charge in [-0.1, -0.05) is 18.2 Å². The number of fused-ring (bicyclic) bond motifs is 1. The van der Waals surface area contributed by atoms with Gasteiger partial charge in [0.05, 0.1) is 17.6 Å². The first kappa shape index (κ1) is 17.8. The number of nitriles is 1. The molecule has 2 aliphatic rings. The highest BCUT2D eigenvalue weighted by Gasteiger charge is 2.41. The lowest BCUT2D eigenvalue weighted by Gasteiger charge is -2.42. The number of rotatable bonds is 2. The van der Waals surface area contributed by atoms with E-state index in [9.17, 15) is 10.1 Å².